The second-order valence-electron chi connectivity index (χ2n) is 7.80. The molecule has 0 N–H and O–H groups in total. The van der Waals surface area contributed by atoms with Crippen LogP contribution in [0.2, 0.25) is 0 Å². The summed E-state index contributed by atoms with van der Waals surface area (Å²) in [6, 6.07) is 0.857. The van der Waals surface area contributed by atoms with Crippen LogP contribution in [0.1, 0.15) is 31.4 Å². The Kier molecular flexibility index (Phi) is 5.25. The standard InChI is InChI=1S/C17H24F3N5O2S/c18-17(19,20)15-5-6-21-16(22-15)23-9-13-11-25(12-14(13)10-23)28(26,27)24-7-3-1-2-4-8-24/h5-6,13-14H,1-4,7-12H2. The topological polar surface area (TPSA) is 69.6 Å². The van der Waals surface area contributed by atoms with Crippen LogP contribution in [0, 0.1) is 11.8 Å². The van der Waals surface area contributed by atoms with Gasteiger partial charge in [0.2, 0.25) is 5.95 Å². The van der Waals surface area contributed by atoms with E-state index in [9.17, 15) is 21.6 Å². The molecule has 3 aliphatic rings. The van der Waals surface area contributed by atoms with Gasteiger partial charge in [0.15, 0.2) is 0 Å². The SMILES string of the molecule is O=S(=O)(N1CCCCCC1)N1CC2CN(c3nccc(C(F)(F)F)n3)CC2C1. The van der Waals surface area contributed by atoms with Gasteiger partial charge in [-0.1, -0.05) is 12.8 Å². The van der Waals surface area contributed by atoms with E-state index in [4.69, 9.17) is 0 Å². The van der Waals surface area contributed by atoms with Gasteiger partial charge in [0.25, 0.3) is 10.2 Å². The summed E-state index contributed by atoms with van der Waals surface area (Å²) in [6.07, 6.45) is 0.508. The van der Waals surface area contributed by atoms with Gasteiger partial charge in [-0.3, -0.25) is 0 Å². The molecule has 28 heavy (non-hydrogen) atoms. The molecule has 0 aliphatic carbocycles. The van der Waals surface area contributed by atoms with E-state index >= 15 is 0 Å². The molecule has 3 saturated heterocycles. The van der Waals surface area contributed by atoms with Crippen LogP contribution in [-0.2, 0) is 16.4 Å². The molecule has 0 radical (unpaired) electrons. The lowest BCUT2D eigenvalue weighted by Crippen LogP contribution is -2.44. The highest BCUT2D eigenvalue weighted by Crippen LogP contribution is 2.36. The Morgan fingerprint density at radius 2 is 1.54 bits per heavy atom. The summed E-state index contributed by atoms with van der Waals surface area (Å²) in [5, 5.41) is 0. The van der Waals surface area contributed by atoms with Gasteiger partial charge in [-0.2, -0.15) is 30.2 Å². The van der Waals surface area contributed by atoms with Crippen molar-refractivity contribution in [2.24, 2.45) is 11.8 Å². The minimum absolute atomic E-state index is 0.0613. The molecule has 0 bridgehead atoms. The number of anilines is 1. The molecule has 1 aromatic rings. The lowest BCUT2D eigenvalue weighted by molar-refractivity contribution is -0.141. The first kappa shape index (κ1) is 19.8. The van der Waals surface area contributed by atoms with Gasteiger partial charge < -0.3 is 4.90 Å². The molecule has 11 heteroatoms. The molecule has 7 nitrogen and oxygen atoms in total. The van der Waals surface area contributed by atoms with Crippen LogP contribution in [0.15, 0.2) is 12.3 Å². The Labute approximate surface area is 162 Å². The molecule has 3 aliphatic heterocycles. The summed E-state index contributed by atoms with van der Waals surface area (Å²) in [5.74, 6) is 0.228. The van der Waals surface area contributed by atoms with E-state index in [0.717, 1.165) is 37.9 Å². The Bertz CT molecular complexity index is 797. The first-order chi connectivity index (χ1) is 13.2. The monoisotopic (exact) mass is 419 g/mol. The fraction of sp³-hybridized carbons (Fsp3) is 0.765. The average molecular weight is 419 g/mol. The van der Waals surface area contributed by atoms with Crippen molar-refractivity contribution in [3.63, 3.8) is 0 Å². The number of hydrogen-bond donors (Lipinski definition) is 0. The van der Waals surface area contributed by atoms with Crippen LogP contribution in [-0.4, -0.2) is 66.3 Å². The van der Waals surface area contributed by atoms with E-state index in [1.165, 1.54) is 0 Å². The van der Waals surface area contributed by atoms with Crippen LogP contribution >= 0.6 is 0 Å². The first-order valence-corrected chi connectivity index (χ1v) is 11.1. The Morgan fingerprint density at radius 1 is 0.929 bits per heavy atom. The Hall–Kier alpha value is -1.46. The zero-order chi connectivity index (χ0) is 19.9. The number of alkyl halides is 3. The molecule has 4 rings (SSSR count). The zero-order valence-corrected chi connectivity index (χ0v) is 16.3. The summed E-state index contributed by atoms with van der Waals surface area (Å²) in [5.41, 5.74) is -0.958. The van der Waals surface area contributed by atoms with E-state index in [1.807, 2.05) is 0 Å². The maximum absolute atomic E-state index is 13.0. The summed E-state index contributed by atoms with van der Waals surface area (Å²) < 4.78 is 67.7. The van der Waals surface area contributed by atoms with Crippen LogP contribution in [0.25, 0.3) is 0 Å². The van der Waals surface area contributed by atoms with E-state index in [1.54, 1.807) is 13.5 Å². The number of nitrogens with zero attached hydrogens (tertiary/aromatic N) is 5. The predicted molar refractivity (Wildman–Crippen MR) is 96.8 cm³/mol. The number of halogens is 3. The largest absolute Gasteiger partial charge is 0.433 e. The summed E-state index contributed by atoms with van der Waals surface area (Å²) in [4.78, 5) is 9.38. The van der Waals surface area contributed by atoms with Crippen molar-refractivity contribution in [1.82, 2.24) is 18.6 Å². The Balaban J connectivity index is 1.42. The highest BCUT2D eigenvalue weighted by Gasteiger charge is 2.46. The zero-order valence-electron chi connectivity index (χ0n) is 15.5. The maximum Gasteiger partial charge on any atom is 0.433 e. The molecule has 1 aromatic heterocycles. The molecular formula is C17H24F3N5O2S. The van der Waals surface area contributed by atoms with E-state index < -0.39 is 22.1 Å². The number of rotatable bonds is 3. The third-order valence-electron chi connectivity index (χ3n) is 5.89. The number of hydrogen-bond acceptors (Lipinski definition) is 5. The number of fused-ring (bicyclic) bond motifs is 1. The van der Waals surface area contributed by atoms with Crippen molar-refractivity contribution >= 4 is 16.2 Å². The van der Waals surface area contributed by atoms with Crippen molar-refractivity contribution in [2.75, 3.05) is 44.2 Å². The molecular weight excluding hydrogens is 395 g/mol. The highest BCUT2D eigenvalue weighted by molar-refractivity contribution is 7.86. The van der Waals surface area contributed by atoms with Crippen molar-refractivity contribution < 1.29 is 21.6 Å². The second-order valence-corrected chi connectivity index (χ2v) is 9.73. The molecule has 0 saturated carbocycles. The van der Waals surface area contributed by atoms with Crippen molar-refractivity contribution in [3.8, 4) is 0 Å². The summed E-state index contributed by atoms with van der Waals surface area (Å²) >= 11 is 0. The quantitative estimate of drug-likeness (QED) is 0.750. The molecule has 0 spiro atoms. The van der Waals surface area contributed by atoms with Gasteiger partial charge in [-0.05, 0) is 30.7 Å². The molecule has 0 aromatic carbocycles. The molecule has 4 heterocycles. The minimum atomic E-state index is -4.51. The van der Waals surface area contributed by atoms with Crippen LogP contribution in [0.5, 0.6) is 0 Å². The van der Waals surface area contributed by atoms with Crippen molar-refractivity contribution in [3.05, 3.63) is 18.0 Å². The van der Waals surface area contributed by atoms with Gasteiger partial charge in [0.05, 0.1) is 0 Å². The smallest absolute Gasteiger partial charge is 0.340 e. The summed E-state index contributed by atoms with van der Waals surface area (Å²) in [7, 11) is -3.47. The number of aromatic nitrogens is 2. The second kappa shape index (κ2) is 7.42. The highest BCUT2D eigenvalue weighted by atomic mass is 32.2. The predicted octanol–water partition coefficient (Wildman–Crippen LogP) is 1.98. The maximum atomic E-state index is 13.0. The van der Waals surface area contributed by atoms with Crippen molar-refractivity contribution in [1.29, 1.82) is 0 Å². The first-order valence-electron chi connectivity index (χ1n) is 9.65. The van der Waals surface area contributed by atoms with Gasteiger partial charge in [0, 0.05) is 45.5 Å². The van der Waals surface area contributed by atoms with Crippen molar-refractivity contribution in [2.45, 2.75) is 31.9 Å². The normalized spacial score (nSPS) is 27.8. The molecule has 2 unspecified atom stereocenters. The van der Waals surface area contributed by atoms with Gasteiger partial charge in [-0.25, -0.2) is 9.97 Å². The van der Waals surface area contributed by atoms with Gasteiger partial charge in [-0.15, -0.1) is 0 Å². The third kappa shape index (κ3) is 3.84. The summed E-state index contributed by atoms with van der Waals surface area (Å²) in [6.45, 7) is 2.88. The van der Waals surface area contributed by atoms with Gasteiger partial charge in [0.1, 0.15) is 5.69 Å². The van der Waals surface area contributed by atoms with Crippen LogP contribution in [0.3, 0.4) is 0 Å². The van der Waals surface area contributed by atoms with E-state index in [-0.39, 0.29) is 17.8 Å². The van der Waals surface area contributed by atoms with Gasteiger partial charge >= 0.3 is 6.18 Å². The minimum Gasteiger partial charge on any atom is -0.340 e. The van der Waals surface area contributed by atoms with E-state index in [2.05, 4.69) is 9.97 Å². The fourth-order valence-electron chi connectivity index (χ4n) is 4.40. The fourth-order valence-corrected chi connectivity index (χ4v) is 6.20. The molecule has 2 atom stereocenters. The lowest BCUT2D eigenvalue weighted by Gasteiger charge is -2.27. The van der Waals surface area contributed by atoms with Crippen LogP contribution in [0.4, 0.5) is 19.1 Å². The van der Waals surface area contributed by atoms with Crippen LogP contribution < -0.4 is 4.90 Å². The molecule has 0 amide bonds. The average Bonchev–Trinajstić information content (AvgIpc) is 3.09. The Morgan fingerprint density at radius 3 is 2.11 bits per heavy atom. The molecule has 156 valence electrons. The lowest BCUT2D eigenvalue weighted by atomic mass is 10.0. The third-order valence-corrected chi connectivity index (χ3v) is 7.85. The van der Waals surface area contributed by atoms with E-state index in [0.29, 0.717) is 39.3 Å². The molecule has 3 fully saturated rings.